The first-order valence-corrected chi connectivity index (χ1v) is 10.0. The summed E-state index contributed by atoms with van der Waals surface area (Å²) in [7, 11) is 1.66. The number of carboxylic acid groups (broad SMARTS) is 1. The maximum Gasteiger partial charge on any atom is 0.420 e. The number of para-hydroxylation sites is 3. The minimum absolute atomic E-state index is 0.0515. The average molecular weight is 435 g/mol. The van der Waals surface area contributed by atoms with Crippen molar-refractivity contribution in [1.82, 2.24) is 24.5 Å². The van der Waals surface area contributed by atoms with Gasteiger partial charge >= 0.3 is 11.7 Å². The van der Waals surface area contributed by atoms with Crippen LogP contribution in [0.2, 0.25) is 0 Å². The Labute approximate surface area is 182 Å². The fraction of sp³-hybridized carbons (Fsp3) is 0.227. The normalized spacial score (nSPS) is 11.0. The Hall–Kier alpha value is -4.21. The molecule has 10 nitrogen and oxygen atoms in total. The van der Waals surface area contributed by atoms with Crippen molar-refractivity contribution in [2.24, 2.45) is 0 Å². The summed E-state index contributed by atoms with van der Waals surface area (Å²) in [6.45, 7) is 0.570. The molecule has 164 valence electrons. The van der Waals surface area contributed by atoms with Gasteiger partial charge in [0.2, 0.25) is 0 Å². The minimum atomic E-state index is -0.915. The minimum Gasteiger partial charge on any atom is -0.481 e. The predicted octanol–water partition coefficient (Wildman–Crippen LogP) is 1.96. The Kier molecular flexibility index (Phi) is 5.84. The lowest BCUT2D eigenvalue weighted by atomic mass is 10.1. The summed E-state index contributed by atoms with van der Waals surface area (Å²) in [5, 5.41) is 16.9. The number of oxazole rings is 1. The van der Waals surface area contributed by atoms with Crippen LogP contribution in [0.15, 0.2) is 63.9 Å². The number of likely N-dealkylation sites (N-methyl/N-ethyl adjacent to an activating group) is 1. The molecule has 0 radical (unpaired) electrons. The van der Waals surface area contributed by atoms with Gasteiger partial charge in [0.1, 0.15) is 0 Å². The van der Waals surface area contributed by atoms with Crippen molar-refractivity contribution in [2.45, 2.75) is 19.4 Å². The number of amides is 1. The molecule has 0 atom stereocenters. The highest BCUT2D eigenvalue weighted by molar-refractivity contribution is 5.97. The van der Waals surface area contributed by atoms with E-state index in [-0.39, 0.29) is 31.8 Å². The first kappa shape index (κ1) is 21.0. The molecule has 0 fully saturated rings. The van der Waals surface area contributed by atoms with Crippen molar-refractivity contribution in [3.8, 4) is 5.69 Å². The lowest BCUT2D eigenvalue weighted by Crippen LogP contribution is -2.32. The largest absolute Gasteiger partial charge is 0.481 e. The summed E-state index contributed by atoms with van der Waals surface area (Å²) >= 11 is 0. The van der Waals surface area contributed by atoms with Crippen LogP contribution in [0.1, 0.15) is 22.5 Å². The number of benzene rings is 2. The Morgan fingerprint density at radius 2 is 1.88 bits per heavy atom. The van der Waals surface area contributed by atoms with Gasteiger partial charge < -0.3 is 14.4 Å². The van der Waals surface area contributed by atoms with Crippen LogP contribution in [0.4, 0.5) is 0 Å². The zero-order valence-electron chi connectivity index (χ0n) is 17.3. The topological polar surface area (TPSA) is 123 Å². The van der Waals surface area contributed by atoms with Crippen molar-refractivity contribution >= 4 is 23.0 Å². The summed E-state index contributed by atoms with van der Waals surface area (Å²) in [6.07, 6.45) is 1.81. The summed E-state index contributed by atoms with van der Waals surface area (Å²) in [4.78, 5) is 37.6. The second kappa shape index (κ2) is 8.88. The second-order valence-electron chi connectivity index (χ2n) is 7.28. The number of rotatable bonds is 8. The van der Waals surface area contributed by atoms with Crippen LogP contribution in [0, 0.1) is 0 Å². The molecule has 2 aromatic carbocycles. The van der Waals surface area contributed by atoms with Crippen LogP contribution in [-0.4, -0.2) is 55.0 Å². The van der Waals surface area contributed by atoms with Crippen molar-refractivity contribution in [3.63, 3.8) is 0 Å². The molecule has 0 saturated carbocycles. The van der Waals surface area contributed by atoms with Gasteiger partial charge in [0.05, 0.1) is 35.1 Å². The van der Waals surface area contributed by atoms with E-state index in [0.717, 1.165) is 0 Å². The number of aliphatic carboxylic acids is 1. The first-order chi connectivity index (χ1) is 15.4. The van der Waals surface area contributed by atoms with Crippen LogP contribution in [0.3, 0.4) is 0 Å². The van der Waals surface area contributed by atoms with Gasteiger partial charge in [0, 0.05) is 26.6 Å². The second-order valence-corrected chi connectivity index (χ2v) is 7.28. The number of nitrogens with zero attached hydrogens (tertiary/aromatic N) is 5. The van der Waals surface area contributed by atoms with E-state index >= 15 is 0 Å². The lowest BCUT2D eigenvalue weighted by Gasteiger charge is -2.19. The molecule has 0 saturated heterocycles. The smallest absolute Gasteiger partial charge is 0.420 e. The van der Waals surface area contributed by atoms with Gasteiger partial charge in [-0.1, -0.05) is 29.5 Å². The van der Waals surface area contributed by atoms with E-state index in [0.29, 0.717) is 28.0 Å². The third-order valence-corrected chi connectivity index (χ3v) is 5.10. The molecule has 0 aliphatic rings. The highest BCUT2D eigenvalue weighted by atomic mass is 16.4. The van der Waals surface area contributed by atoms with Crippen LogP contribution in [-0.2, 0) is 17.8 Å². The number of aryl methyl sites for hydroxylation is 1. The standard InChI is InChI=1S/C22H21N5O5/c1-25(12-13-26-18-8-4-5-9-19(18)32-22(26)31)21(30)16-6-2-3-7-17(16)27-14-15(23-24-27)10-11-20(28)29/h2-9,14H,10-13H2,1H3,(H,28,29). The van der Waals surface area contributed by atoms with E-state index in [1.807, 2.05) is 6.07 Å². The van der Waals surface area contributed by atoms with E-state index in [1.165, 1.54) is 14.1 Å². The van der Waals surface area contributed by atoms with E-state index in [9.17, 15) is 14.4 Å². The molecule has 1 amide bonds. The molecule has 0 aliphatic carbocycles. The SMILES string of the molecule is CN(CCn1c(=O)oc2ccccc21)C(=O)c1ccccc1-n1cc(CCC(=O)O)nn1. The number of hydrogen-bond acceptors (Lipinski definition) is 6. The Morgan fingerprint density at radius 3 is 2.69 bits per heavy atom. The van der Waals surface area contributed by atoms with Crippen LogP contribution in [0.5, 0.6) is 0 Å². The van der Waals surface area contributed by atoms with Crippen molar-refractivity contribution < 1.29 is 19.1 Å². The maximum atomic E-state index is 13.1. The molecule has 1 N–H and O–H groups in total. The van der Waals surface area contributed by atoms with Gasteiger partial charge in [-0.15, -0.1) is 5.10 Å². The Bertz CT molecular complexity index is 1340. The number of carboxylic acids is 1. The van der Waals surface area contributed by atoms with E-state index in [2.05, 4.69) is 10.3 Å². The van der Waals surface area contributed by atoms with Crippen LogP contribution in [0.25, 0.3) is 16.8 Å². The van der Waals surface area contributed by atoms with Crippen molar-refractivity contribution in [3.05, 3.63) is 76.5 Å². The molecule has 0 unspecified atom stereocenters. The van der Waals surface area contributed by atoms with Gasteiger partial charge in [-0.2, -0.15) is 0 Å². The molecular weight excluding hydrogens is 414 g/mol. The number of carbonyl (C=O) groups is 2. The molecule has 0 aliphatic heterocycles. The Morgan fingerprint density at radius 1 is 1.12 bits per heavy atom. The molecule has 0 spiro atoms. The van der Waals surface area contributed by atoms with E-state index < -0.39 is 11.7 Å². The first-order valence-electron chi connectivity index (χ1n) is 10.0. The zero-order valence-corrected chi connectivity index (χ0v) is 17.3. The fourth-order valence-electron chi connectivity index (χ4n) is 3.40. The number of aromatic nitrogens is 4. The average Bonchev–Trinajstić information content (AvgIpc) is 3.39. The summed E-state index contributed by atoms with van der Waals surface area (Å²) < 4.78 is 8.20. The number of fused-ring (bicyclic) bond motifs is 1. The molecule has 2 aromatic heterocycles. The fourth-order valence-corrected chi connectivity index (χ4v) is 3.40. The zero-order chi connectivity index (χ0) is 22.7. The monoisotopic (exact) mass is 435 g/mol. The maximum absolute atomic E-state index is 13.1. The van der Waals surface area contributed by atoms with Crippen molar-refractivity contribution in [1.29, 1.82) is 0 Å². The summed E-state index contributed by atoms with van der Waals surface area (Å²) in [5.74, 6) is -1.63. The van der Waals surface area contributed by atoms with Gasteiger partial charge in [-0.05, 0) is 24.3 Å². The predicted molar refractivity (Wildman–Crippen MR) is 115 cm³/mol. The quantitative estimate of drug-likeness (QED) is 0.449. The molecular formula is C22H21N5O5. The molecule has 4 aromatic rings. The van der Waals surface area contributed by atoms with Crippen LogP contribution < -0.4 is 5.76 Å². The number of carbonyl (C=O) groups excluding carboxylic acids is 1. The summed E-state index contributed by atoms with van der Waals surface area (Å²) in [6, 6.07) is 14.1. The highest BCUT2D eigenvalue weighted by Crippen LogP contribution is 2.17. The van der Waals surface area contributed by atoms with Gasteiger partial charge in [-0.25, -0.2) is 9.48 Å². The third kappa shape index (κ3) is 4.29. The Balaban J connectivity index is 1.51. The van der Waals surface area contributed by atoms with E-state index in [1.54, 1.807) is 55.7 Å². The molecule has 2 heterocycles. The van der Waals surface area contributed by atoms with Gasteiger partial charge in [0.25, 0.3) is 5.91 Å². The lowest BCUT2D eigenvalue weighted by molar-refractivity contribution is -0.136. The van der Waals surface area contributed by atoms with Crippen LogP contribution >= 0.6 is 0 Å². The van der Waals surface area contributed by atoms with Gasteiger partial charge in [0.15, 0.2) is 5.58 Å². The van der Waals surface area contributed by atoms with E-state index in [4.69, 9.17) is 9.52 Å². The molecule has 10 heteroatoms. The summed E-state index contributed by atoms with van der Waals surface area (Å²) in [5.41, 5.74) is 2.64. The van der Waals surface area contributed by atoms with Gasteiger partial charge in [-0.3, -0.25) is 14.2 Å². The van der Waals surface area contributed by atoms with Crippen molar-refractivity contribution in [2.75, 3.05) is 13.6 Å². The molecule has 32 heavy (non-hydrogen) atoms. The third-order valence-electron chi connectivity index (χ3n) is 5.10. The molecule has 0 bridgehead atoms. The number of hydrogen-bond donors (Lipinski definition) is 1. The molecule has 4 rings (SSSR count). The highest BCUT2D eigenvalue weighted by Gasteiger charge is 2.19.